The minimum Gasteiger partial charge on any atom is -0.384 e. The molecule has 1 aromatic carbocycles. The van der Waals surface area contributed by atoms with Crippen molar-refractivity contribution in [3.05, 3.63) is 33.9 Å². The summed E-state index contributed by atoms with van der Waals surface area (Å²) in [6, 6.07) is 4.92. The molecule has 0 spiro atoms. The van der Waals surface area contributed by atoms with E-state index >= 15 is 0 Å². The van der Waals surface area contributed by atoms with Crippen LogP contribution in [0.15, 0.2) is 18.2 Å². The van der Waals surface area contributed by atoms with E-state index in [1.54, 1.807) is 12.1 Å². The van der Waals surface area contributed by atoms with Crippen LogP contribution in [0.3, 0.4) is 0 Å². The molecule has 1 aromatic rings. The zero-order valence-corrected chi connectivity index (χ0v) is 11.8. The first-order valence-corrected chi connectivity index (χ1v) is 6.23. The molecule has 4 nitrogen and oxygen atoms in total. The molecule has 0 saturated heterocycles. The number of hydrogen-bond acceptors (Lipinski definition) is 3. The van der Waals surface area contributed by atoms with Crippen LogP contribution in [0.1, 0.15) is 33.3 Å². The lowest BCUT2D eigenvalue weighted by Crippen LogP contribution is -2.28. The van der Waals surface area contributed by atoms with E-state index in [0.29, 0.717) is 5.92 Å². The number of anilines is 1. The fraction of sp³-hybridized carbons (Fsp3) is 0.571. The Labute approximate surface area is 109 Å². The first-order valence-electron chi connectivity index (χ1n) is 6.23. The van der Waals surface area contributed by atoms with Gasteiger partial charge < -0.3 is 5.32 Å². The summed E-state index contributed by atoms with van der Waals surface area (Å²) in [7, 11) is 0. The summed E-state index contributed by atoms with van der Waals surface area (Å²) in [5.74, 6) is 0.573. The number of benzene rings is 1. The smallest absolute Gasteiger partial charge is 0.269 e. The van der Waals surface area contributed by atoms with E-state index in [1.807, 2.05) is 6.92 Å². The molecule has 0 heterocycles. The van der Waals surface area contributed by atoms with Crippen LogP contribution >= 0.6 is 0 Å². The molecule has 0 aliphatic carbocycles. The van der Waals surface area contributed by atoms with E-state index in [2.05, 4.69) is 33.0 Å². The van der Waals surface area contributed by atoms with Gasteiger partial charge in [0, 0.05) is 24.4 Å². The van der Waals surface area contributed by atoms with Crippen molar-refractivity contribution >= 4 is 11.4 Å². The minimum absolute atomic E-state index is 0.140. The average molecular weight is 250 g/mol. The summed E-state index contributed by atoms with van der Waals surface area (Å²) in [4.78, 5) is 10.3. The van der Waals surface area contributed by atoms with Gasteiger partial charge in [0.15, 0.2) is 0 Å². The minimum atomic E-state index is -0.366. The third-order valence-corrected chi connectivity index (χ3v) is 3.72. The molecule has 0 aliphatic rings. The summed E-state index contributed by atoms with van der Waals surface area (Å²) in [5.41, 5.74) is 2.20. The molecule has 0 amide bonds. The Morgan fingerprint density at radius 3 is 2.44 bits per heavy atom. The van der Waals surface area contributed by atoms with Crippen LogP contribution in [-0.2, 0) is 0 Å². The summed E-state index contributed by atoms with van der Waals surface area (Å²) in [6.07, 6.45) is 0. The van der Waals surface area contributed by atoms with Gasteiger partial charge >= 0.3 is 0 Å². The maximum atomic E-state index is 10.7. The Hall–Kier alpha value is -1.58. The quantitative estimate of drug-likeness (QED) is 0.634. The largest absolute Gasteiger partial charge is 0.384 e. The predicted octanol–water partition coefficient (Wildman–Crippen LogP) is 4.00. The molecule has 18 heavy (non-hydrogen) atoms. The van der Waals surface area contributed by atoms with Crippen LogP contribution < -0.4 is 5.32 Å². The van der Waals surface area contributed by atoms with Gasteiger partial charge in [-0.3, -0.25) is 10.1 Å². The normalized spacial score (nSPS) is 11.7. The Kier molecular flexibility index (Phi) is 4.33. The maximum Gasteiger partial charge on any atom is 0.269 e. The molecule has 0 saturated carbocycles. The third kappa shape index (κ3) is 3.45. The van der Waals surface area contributed by atoms with Gasteiger partial charge in [-0.2, -0.15) is 0 Å². The molecule has 0 atom stereocenters. The van der Waals surface area contributed by atoms with Crippen LogP contribution in [0.4, 0.5) is 11.4 Å². The molecular formula is C14H22N2O2. The van der Waals surface area contributed by atoms with Crippen LogP contribution in [0.5, 0.6) is 0 Å². The van der Waals surface area contributed by atoms with Gasteiger partial charge in [-0.1, -0.05) is 27.7 Å². The van der Waals surface area contributed by atoms with Gasteiger partial charge in [0.25, 0.3) is 5.69 Å². The number of nitro benzene ring substituents is 1. The first kappa shape index (κ1) is 14.5. The third-order valence-electron chi connectivity index (χ3n) is 3.72. The van der Waals surface area contributed by atoms with E-state index in [-0.39, 0.29) is 16.0 Å². The Balaban J connectivity index is 2.78. The van der Waals surface area contributed by atoms with Gasteiger partial charge in [-0.25, -0.2) is 0 Å². The summed E-state index contributed by atoms with van der Waals surface area (Å²) >= 11 is 0. The van der Waals surface area contributed by atoms with Gasteiger partial charge in [0.1, 0.15) is 0 Å². The summed E-state index contributed by atoms with van der Waals surface area (Å²) in [6.45, 7) is 11.6. The highest BCUT2D eigenvalue weighted by molar-refractivity contribution is 5.55. The Bertz CT molecular complexity index is 439. The van der Waals surface area contributed by atoms with Crippen LogP contribution in [0.2, 0.25) is 0 Å². The highest BCUT2D eigenvalue weighted by Gasteiger charge is 2.22. The van der Waals surface area contributed by atoms with Crippen molar-refractivity contribution in [2.75, 3.05) is 11.9 Å². The van der Waals surface area contributed by atoms with Crippen LogP contribution in [-0.4, -0.2) is 11.5 Å². The summed E-state index contributed by atoms with van der Waals surface area (Å²) in [5, 5.41) is 14.0. The molecule has 0 bridgehead atoms. The van der Waals surface area contributed by atoms with E-state index in [4.69, 9.17) is 0 Å². The van der Waals surface area contributed by atoms with Crippen LogP contribution in [0.25, 0.3) is 0 Å². The SMILES string of the molecule is Cc1cc([N+](=O)[O-])ccc1NCC(C)(C)C(C)C. The van der Waals surface area contributed by atoms with E-state index in [9.17, 15) is 10.1 Å². The van der Waals surface area contributed by atoms with Crippen molar-refractivity contribution in [3.63, 3.8) is 0 Å². The molecule has 4 heteroatoms. The molecule has 0 aliphatic heterocycles. The van der Waals surface area contributed by atoms with E-state index in [0.717, 1.165) is 17.8 Å². The van der Waals surface area contributed by atoms with Crippen molar-refractivity contribution in [2.24, 2.45) is 11.3 Å². The zero-order chi connectivity index (χ0) is 13.9. The number of rotatable bonds is 5. The average Bonchev–Trinajstić information content (AvgIpc) is 2.26. The number of hydrogen-bond donors (Lipinski definition) is 1. The second-order valence-corrected chi connectivity index (χ2v) is 5.75. The molecule has 0 radical (unpaired) electrons. The molecular weight excluding hydrogens is 228 g/mol. The number of nitrogens with zero attached hydrogens (tertiary/aromatic N) is 1. The van der Waals surface area contributed by atoms with Crippen molar-refractivity contribution in [2.45, 2.75) is 34.6 Å². The fourth-order valence-electron chi connectivity index (χ4n) is 1.49. The zero-order valence-electron chi connectivity index (χ0n) is 11.8. The van der Waals surface area contributed by atoms with Crippen molar-refractivity contribution < 1.29 is 4.92 Å². The summed E-state index contributed by atoms with van der Waals surface area (Å²) < 4.78 is 0. The van der Waals surface area contributed by atoms with Gasteiger partial charge in [0.2, 0.25) is 0 Å². The fourth-order valence-corrected chi connectivity index (χ4v) is 1.49. The number of nitro groups is 1. The van der Waals surface area contributed by atoms with Gasteiger partial charge in [-0.05, 0) is 29.9 Å². The monoisotopic (exact) mass is 250 g/mol. The Morgan fingerprint density at radius 1 is 1.39 bits per heavy atom. The first-order chi connectivity index (χ1) is 8.24. The number of aryl methyl sites for hydroxylation is 1. The maximum absolute atomic E-state index is 10.7. The topological polar surface area (TPSA) is 55.2 Å². The van der Waals surface area contributed by atoms with Crippen molar-refractivity contribution in [1.82, 2.24) is 0 Å². The predicted molar refractivity (Wildman–Crippen MR) is 74.9 cm³/mol. The lowest BCUT2D eigenvalue weighted by Gasteiger charge is -2.30. The van der Waals surface area contributed by atoms with E-state index < -0.39 is 0 Å². The van der Waals surface area contributed by atoms with Crippen LogP contribution in [0, 0.1) is 28.4 Å². The van der Waals surface area contributed by atoms with Crippen molar-refractivity contribution in [1.29, 1.82) is 0 Å². The van der Waals surface area contributed by atoms with Gasteiger partial charge in [-0.15, -0.1) is 0 Å². The molecule has 100 valence electrons. The molecule has 0 aromatic heterocycles. The number of nitrogens with one attached hydrogen (secondary N) is 1. The lowest BCUT2D eigenvalue weighted by atomic mass is 9.81. The van der Waals surface area contributed by atoms with Crippen molar-refractivity contribution in [3.8, 4) is 0 Å². The second kappa shape index (κ2) is 5.38. The van der Waals surface area contributed by atoms with E-state index in [1.165, 1.54) is 6.07 Å². The van der Waals surface area contributed by atoms with Gasteiger partial charge in [0.05, 0.1) is 4.92 Å². The standard InChI is InChI=1S/C14H22N2O2/c1-10(2)14(4,5)9-15-13-7-6-12(16(17)18)8-11(13)3/h6-8,10,15H,9H2,1-5H3. The molecule has 0 unspecified atom stereocenters. The molecule has 0 fully saturated rings. The lowest BCUT2D eigenvalue weighted by molar-refractivity contribution is -0.384. The number of non-ortho nitro benzene ring substituents is 1. The highest BCUT2D eigenvalue weighted by atomic mass is 16.6. The highest BCUT2D eigenvalue weighted by Crippen LogP contribution is 2.28. The molecule has 1 rings (SSSR count). The molecule has 1 N–H and O–H groups in total. The second-order valence-electron chi connectivity index (χ2n) is 5.75. The Morgan fingerprint density at radius 2 is 2.00 bits per heavy atom.